The van der Waals surface area contributed by atoms with Crippen LogP contribution in [0.1, 0.15) is 13.8 Å². The summed E-state index contributed by atoms with van der Waals surface area (Å²) < 4.78 is 10.8. The van der Waals surface area contributed by atoms with Crippen molar-refractivity contribution >= 4 is 5.82 Å². The van der Waals surface area contributed by atoms with Crippen molar-refractivity contribution in [2.45, 2.75) is 20.0 Å². The summed E-state index contributed by atoms with van der Waals surface area (Å²) in [6.45, 7) is 5.11. The minimum Gasteiger partial charge on any atom is -0.475 e. The zero-order chi connectivity index (χ0) is 11.1. The van der Waals surface area contributed by atoms with E-state index in [4.69, 9.17) is 9.47 Å². The van der Waals surface area contributed by atoms with Crippen LogP contribution in [0, 0.1) is 0 Å². The van der Waals surface area contributed by atoms with Gasteiger partial charge in [-0.25, -0.2) is 0 Å². The van der Waals surface area contributed by atoms with Gasteiger partial charge in [-0.2, -0.15) is 4.98 Å². The minimum absolute atomic E-state index is 0.241. The Balaban J connectivity index is 2.30. The molecule has 0 aliphatic carbocycles. The van der Waals surface area contributed by atoms with Crippen molar-refractivity contribution in [3.63, 3.8) is 0 Å². The third-order valence-corrected chi connectivity index (χ3v) is 1.76. The molecular formula is C11H18N2O2. The molecule has 0 aromatic carbocycles. The SMILES string of the molecule is CNc1cccc(OCCOC(C)C)n1. The quantitative estimate of drug-likeness (QED) is 0.728. The van der Waals surface area contributed by atoms with Crippen LogP contribution in [0.4, 0.5) is 5.82 Å². The second-order valence-electron chi connectivity index (χ2n) is 3.38. The molecule has 15 heavy (non-hydrogen) atoms. The van der Waals surface area contributed by atoms with Crippen molar-refractivity contribution in [1.29, 1.82) is 0 Å². The predicted octanol–water partition coefficient (Wildman–Crippen LogP) is 1.93. The monoisotopic (exact) mass is 210 g/mol. The Bertz CT molecular complexity index is 290. The molecule has 84 valence electrons. The Morgan fingerprint density at radius 3 is 2.80 bits per heavy atom. The Labute approximate surface area is 90.6 Å². The maximum Gasteiger partial charge on any atom is 0.215 e. The third kappa shape index (κ3) is 4.65. The largest absolute Gasteiger partial charge is 0.475 e. The van der Waals surface area contributed by atoms with Gasteiger partial charge in [-0.3, -0.25) is 0 Å². The summed E-state index contributed by atoms with van der Waals surface area (Å²) in [6, 6.07) is 5.62. The molecular weight excluding hydrogens is 192 g/mol. The number of aromatic nitrogens is 1. The van der Waals surface area contributed by atoms with Gasteiger partial charge < -0.3 is 14.8 Å². The first-order chi connectivity index (χ1) is 7.22. The van der Waals surface area contributed by atoms with Crippen molar-refractivity contribution in [3.8, 4) is 5.88 Å². The lowest BCUT2D eigenvalue weighted by molar-refractivity contribution is 0.0543. The molecule has 0 saturated heterocycles. The van der Waals surface area contributed by atoms with Crippen LogP contribution in [0.15, 0.2) is 18.2 Å². The molecule has 0 unspecified atom stereocenters. The maximum atomic E-state index is 5.42. The minimum atomic E-state index is 0.241. The normalized spacial score (nSPS) is 10.4. The van der Waals surface area contributed by atoms with Crippen molar-refractivity contribution in [2.24, 2.45) is 0 Å². The summed E-state index contributed by atoms with van der Waals surface area (Å²) in [4.78, 5) is 4.22. The number of hydrogen-bond donors (Lipinski definition) is 1. The standard InChI is InChI=1S/C11H18N2O2/c1-9(2)14-7-8-15-11-6-4-5-10(12-3)13-11/h4-6,9H,7-8H2,1-3H3,(H,12,13). The van der Waals surface area contributed by atoms with Crippen LogP contribution in [0.5, 0.6) is 5.88 Å². The average Bonchev–Trinajstić information content (AvgIpc) is 2.24. The molecule has 0 spiro atoms. The zero-order valence-electron chi connectivity index (χ0n) is 9.49. The van der Waals surface area contributed by atoms with Gasteiger partial charge in [0.05, 0.1) is 12.7 Å². The van der Waals surface area contributed by atoms with Gasteiger partial charge in [0, 0.05) is 13.1 Å². The zero-order valence-corrected chi connectivity index (χ0v) is 9.49. The van der Waals surface area contributed by atoms with Gasteiger partial charge >= 0.3 is 0 Å². The highest BCUT2D eigenvalue weighted by molar-refractivity contribution is 5.35. The molecule has 0 aliphatic rings. The van der Waals surface area contributed by atoms with E-state index in [2.05, 4.69) is 10.3 Å². The van der Waals surface area contributed by atoms with Gasteiger partial charge in [0.2, 0.25) is 5.88 Å². The number of ether oxygens (including phenoxy) is 2. The van der Waals surface area contributed by atoms with E-state index in [9.17, 15) is 0 Å². The molecule has 0 amide bonds. The predicted molar refractivity (Wildman–Crippen MR) is 60.4 cm³/mol. The van der Waals surface area contributed by atoms with E-state index in [-0.39, 0.29) is 6.10 Å². The lowest BCUT2D eigenvalue weighted by Gasteiger charge is -2.09. The highest BCUT2D eigenvalue weighted by Crippen LogP contribution is 2.10. The number of anilines is 1. The molecule has 1 rings (SSSR count). The molecule has 0 atom stereocenters. The van der Waals surface area contributed by atoms with E-state index in [1.807, 2.05) is 39.1 Å². The van der Waals surface area contributed by atoms with Gasteiger partial charge in [-0.05, 0) is 19.9 Å². The highest BCUT2D eigenvalue weighted by atomic mass is 16.5. The van der Waals surface area contributed by atoms with E-state index in [0.717, 1.165) is 5.82 Å². The second-order valence-corrected chi connectivity index (χ2v) is 3.38. The lowest BCUT2D eigenvalue weighted by atomic mass is 10.4. The van der Waals surface area contributed by atoms with Crippen LogP contribution < -0.4 is 10.1 Å². The van der Waals surface area contributed by atoms with Crippen molar-refractivity contribution in [3.05, 3.63) is 18.2 Å². The molecule has 1 aromatic heterocycles. The first-order valence-electron chi connectivity index (χ1n) is 5.11. The number of nitrogens with one attached hydrogen (secondary N) is 1. The maximum absolute atomic E-state index is 5.42. The molecule has 0 saturated carbocycles. The Hall–Kier alpha value is -1.29. The van der Waals surface area contributed by atoms with E-state index < -0.39 is 0 Å². The number of nitrogens with zero attached hydrogens (tertiary/aromatic N) is 1. The Morgan fingerprint density at radius 1 is 1.33 bits per heavy atom. The summed E-state index contributed by atoms with van der Waals surface area (Å²) in [7, 11) is 1.83. The van der Waals surface area contributed by atoms with Crippen molar-refractivity contribution in [1.82, 2.24) is 4.98 Å². The third-order valence-electron chi connectivity index (χ3n) is 1.76. The number of pyridine rings is 1. The van der Waals surface area contributed by atoms with E-state index in [0.29, 0.717) is 19.1 Å². The molecule has 0 fully saturated rings. The second kappa shape index (κ2) is 6.24. The van der Waals surface area contributed by atoms with Gasteiger partial charge in [-0.15, -0.1) is 0 Å². The average molecular weight is 210 g/mol. The summed E-state index contributed by atoms with van der Waals surface area (Å²) in [5.74, 6) is 1.42. The summed E-state index contributed by atoms with van der Waals surface area (Å²) in [5.41, 5.74) is 0. The summed E-state index contributed by atoms with van der Waals surface area (Å²) in [6.07, 6.45) is 0.241. The molecule has 0 bridgehead atoms. The van der Waals surface area contributed by atoms with Crippen LogP contribution in [-0.2, 0) is 4.74 Å². The van der Waals surface area contributed by atoms with E-state index in [1.165, 1.54) is 0 Å². The van der Waals surface area contributed by atoms with Gasteiger partial charge in [-0.1, -0.05) is 6.07 Å². The van der Waals surface area contributed by atoms with E-state index in [1.54, 1.807) is 0 Å². The van der Waals surface area contributed by atoms with Crippen LogP contribution >= 0.6 is 0 Å². The number of rotatable bonds is 6. The topological polar surface area (TPSA) is 43.4 Å². The van der Waals surface area contributed by atoms with Gasteiger partial charge in [0.1, 0.15) is 12.4 Å². The molecule has 4 heteroatoms. The fourth-order valence-electron chi connectivity index (χ4n) is 1.06. The fourth-order valence-corrected chi connectivity index (χ4v) is 1.06. The first-order valence-corrected chi connectivity index (χ1v) is 5.11. The summed E-state index contributed by atoms with van der Waals surface area (Å²) in [5, 5.41) is 2.95. The Kier molecular flexibility index (Phi) is 4.90. The highest BCUT2D eigenvalue weighted by Gasteiger charge is 1.97. The van der Waals surface area contributed by atoms with Crippen molar-refractivity contribution in [2.75, 3.05) is 25.6 Å². The van der Waals surface area contributed by atoms with Crippen LogP contribution in [-0.4, -0.2) is 31.3 Å². The van der Waals surface area contributed by atoms with Gasteiger partial charge in [0.25, 0.3) is 0 Å². The molecule has 1 N–H and O–H groups in total. The van der Waals surface area contributed by atoms with E-state index >= 15 is 0 Å². The fraction of sp³-hybridized carbons (Fsp3) is 0.545. The lowest BCUT2D eigenvalue weighted by Crippen LogP contribution is -2.11. The Morgan fingerprint density at radius 2 is 2.13 bits per heavy atom. The van der Waals surface area contributed by atoms with Crippen LogP contribution in [0.3, 0.4) is 0 Å². The number of hydrogen-bond acceptors (Lipinski definition) is 4. The molecule has 1 heterocycles. The van der Waals surface area contributed by atoms with Crippen molar-refractivity contribution < 1.29 is 9.47 Å². The van der Waals surface area contributed by atoms with Crippen LogP contribution in [0.2, 0.25) is 0 Å². The summed E-state index contributed by atoms with van der Waals surface area (Å²) >= 11 is 0. The first kappa shape index (κ1) is 11.8. The molecule has 4 nitrogen and oxygen atoms in total. The molecule has 1 aromatic rings. The van der Waals surface area contributed by atoms with Crippen LogP contribution in [0.25, 0.3) is 0 Å². The van der Waals surface area contributed by atoms with Gasteiger partial charge in [0.15, 0.2) is 0 Å². The molecule has 0 aliphatic heterocycles. The molecule has 0 radical (unpaired) electrons. The smallest absolute Gasteiger partial charge is 0.215 e.